The molecule has 104 valence electrons. The van der Waals surface area contributed by atoms with Crippen molar-refractivity contribution in [1.29, 1.82) is 0 Å². The summed E-state index contributed by atoms with van der Waals surface area (Å²) in [5, 5.41) is 20.1. The summed E-state index contributed by atoms with van der Waals surface area (Å²) in [4.78, 5) is 21.9. The predicted molar refractivity (Wildman–Crippen MR) is 77.5 cm³/mol. The van der Waals surface area contributed by atoms with E-state index in [1.54, 1.807) is 13.0 Å². The Balaban J connectivity index is 2.66. The first kappa shape index (κ1) is 14.3. The second-order valence-corrected chi connectivity index (χ2v) is 5.52. The fraction of sp³-hybridized carbons (Fsp3) is 0.0833. The molecule has 0 amide bonds. The molecule has 0 saturated heterocycles. The van der Waals surface area contributed by atoms with Crippen LogP contribution in [0.4, 0.5) is 11.4 Å². The minimum Gasteiger partial charge on any atom is -0.477 e. The summed E-state index contributed by atoms with van der Waals surface area (Å²) < 4.78 is 0. The number of hydrogen-bond acceptors (Lipinski definition) is 5. The van der Waals surface area contributed by atoms with Gasteiger partial charge in [0, 0.05) is 27.6 Å². The number of halogens is 1. The lowest BCUT2D eigenvalue weighted by Gasteiger charge is -2.02. The Morgan fingerprint density at radius 1 is 1.45 bits per heavy atom. The number of nitrogens with two attached hydrogens (primary N) is 1. The van der Waals surface area contributed by atoms with Crippen molar-refractivity contribution in [2.24, 2.45) is 0 Å². The molecular formula is C12H9ClN2O4S. The first-order chi connectivity index (χ1) is 9.31. The summed E-state index contributed by atoms with van der Waals surface area (Å²) in [7, 11) is 0. The van der Waals surface area contributed by atoms with Gasteiger partial charge in [0.25, 0.3) is 5.69 Å². The molecule has 0 aliphatic carbocycles. The number of nitrogen functional groups attached to an aromatic ring is 1. The second kappa shape index (κ2) is 5.10. The lowest BCUT2D eigenvalue weighted by atomic mass is 10.1. The zero-order chi connectivity index (χ0) is 15.0. The van der Waals surface area contributed by atoms with E-state index in [2.05, 4.69) is 0 Å². The molecule has 0 spiro atoms. The molecule has 0 aliphatic rings. The van der Waals surface area contributed by atoms with Crippen molar-refractivity contribution < 1.29 is 14.8 Å². The van der Waals surface area contributed by atoms with Gasteiger partial charge >= 0.3 is 5.97 Å². The van der Waals surface area contributed by atoms with Crippen molar-refractivity contribution in [2.75, 3.05) is 5.73 Å². The van der Waals surface area contributed by atoms with Crippen molar-refractivity contribution in [3.63, 3.8) is 0 Å². The van der Waals surface area contributed by atoms with Crippen LogP contribution in [0, 0.1) is 17.0 Å². The fourth-order valence-electron chi connectivity index (χ4n) is 1.77. The van der Waals surface area contributed by atoms with Crippen molar-refractivity contribution in [3.05, 3.63) is 43.8 Å². The summed E-state index contributed by atoms with van der Waals surface area (Å²) in [6.07, 6.45) is 0. The third kappa shape index (κ3) is 2.45. The summed E-state index contributed by atoms with van der Waals surface area (Å²) in [5.74, 6) is -1.13. The van der Waals surface area contributed by atoms with Crippen LogP contribution in [0.5, 0.6) is 0 Å². The Morgan fingerprint density at radius 2 is 2.10 bits per heavy atom. The van der Waals surface area contributed by atoms with E-state index in [0.717, 1.165) is 11.3 Å². The number of nitro groups is 1. The molecular weight excluding hydrogens is 304 g/mol. The first-order valence-corrected chi connectivity index (χ1v) is 6.58. The number of non-ortho nitro benzene ring substituents is 1. The van der Waals surface area contributed by atoms with Crippen molar-refractivity contribution in [3.8, 4) is 10.4 Å². The van der Waals surface area contributed by atoms with Gasteiger partial charge in [-0.25, -0.2) is 4.79 Å². The second-order valence-electron chi connectivity index (χ2n) is 4.06. The Morgan fingerprint density at radius 3 is 2.60 bits per heavy atom. The van der Waals surface area contributed by atoms with E-state index in [4.69, 9.17) is 22.4 Å². The number of nitrogens with zero attached hydrogens (tertiary/aromatic N) is 1. The lowest BCUT2D eigenvalue weighted by Crippen LogP contribution is -1.97. The Kier molecular flexibility index (Phi) is 3.65. The van der Waals surface area contributed by atoms with Crippen LogP contribution in [0.2, 0.25) is 5.02 Å². The van der Waals surface area contributed by atoms with Gasteiger partial charge in [0.1, 0.15) is 4.88 Å². The number of carbonyl (C=O) groups is 1. The van der Waals surface area contributed by atoms with Crippen LogP contribution < -0.4 is 5.73 Å². The number of hydrogen-bond donors (Lipinski definition) is 2. The maximum Gasteiger partial charge on any atom is 0.348 e. The third-order valence-electron chi connectivity index (χ3n) is 2.74. The molecule has 1 aromatic heterocycles. The van der Waals surface area contributed by atoms with E-state index in [0.29, 0.717) is 16.0 Å². The largest absolute Gasteiger partial charge is 0.477 e. The summed E-state index contributed by atoms with van der Waals surface area (Å²) in [6.45, 7) is 1.67. The van der Waals surface area contributed by atoms with Crippen molar-refractivity contribution >= 4 is 40.3 Å². The van der Waals surface area contributed by atoms with Gasteiger partial charge in [0.15, 0.2) is 0 Å². The number of carboxylic acids is 1. The van der Waals surface area contributed by atoms with Crippen LogP contribution in [0.1, 0.15) is 15.2 Å². The smallest absolute Gasteiger partial charge is 0.348 e. The van der Waals surface area contributed by atoms with Crippen LogP contribution in [-0.4, -0.2) is 16.0 Å². The molecule has 0 unspecified atom stereocenters. The third-order valence-corrected chi connectivity index (χ3v) is 4.31. The summed E-state index contributed by atoms with van der Waals surface area (Å²) in [6, 6.07) is 4.11. The van der Waals surface area contributed by atoms with E-state index in [9.17, 15) is 14.9 Å². The van der Waals surface area contributed by atoms with E-state index in [1.165, 1.54) is 12.1 Å². The lowest BCUT2D eigenvalue weighted by molar-refractivity contribution is -0.384. The molecule has 1 heterocycles. The molecule has 0 aliphatic heterocycles. The highest BCUT2D eigenvalue weighted by atomic mass is 35.5. The van der Waals surface area contributed by atoms with Gasteiger partial charge in [-0.05, 0) is 18.6 Å². The highest BCUT2D eigenvalue weighted by Crippen LogP contribution is 2.40. The maximum absolute atomic E-state index is 11.1. The van der Waals surface area contributed by atoms with E-state index in [1.807, 2.05) is 0 Å². The Bertz CT molecular complexity index is 726. The van der Waals surface area contributed by atoms with Gasteiger partial charge in [-0.3, -0.25) is 10.1 Å². The topological polar surface area (TPSA) is 106 Å². The number of rotatable bonds is 3. The Hall–Kier alpha value is -2.12. The highest BCUT2D eigenvalue weighted by Gasteiger charge is 2.20. The minimum absolute atomic E-state index is 0.0140. The molecule has 0 saturated carbocycles. The molecule has 0 atom stereocenters. The zero-order valence-electron chi connectivity index (χ0n) is 10.2. The number of benzene rings is 1. The van der Waals surface area contributed by atoms with Crippen LogP contribution in [0.15, 0.2) is 18.2 Å². The molecule has 2 rings (SSSR count). The average Bonchev–Trinajstić information content (AvgIpc) is 2.65. The summed E-state index contributed by atoms with van der Waals surface area (Å²) >= 11 is 6.83. The van der Waals surface area contributed by atoms with E-state index < -0.39 is 10.9 Å². The van der Waals surface area contributed by atoms with Crippen molar-refractivity contribution in [1.82, 2.24) is 0 Å². The van der Waals surface area contributed by atoms with Crippen LogP contribution in [-0.2, 0) is 0 Å². The molecule has 20 heavy (non-hydrogen) atoms. The van der Waals surface area contributed by atoms with Gasteiger partial charge in [0.2, 0.25) is 0 Å². The van der Waals surface area contributed by atoms with Crippen LogP contribution in [0.3, 0.4) is 0 Å². The average molecular weight is 313 g/mol. The van der Waals surface area contributed by atoms with E-state index >= 15 is 0 Å². The van der Waals surface area contributed by atoms with Crippen molar-refractivity contribution in [2.45, 2.75) is 6.92 Å². The van der Waals surface area contributed by atoms with Crippen LogP contribution >= 0.6 is 22.9 Å². The van der Waals surface area contributed by atoms with E-state index in [-0.39, 0.29) is 21.3 Å². The highest BCUT2D eigenvalue weighted by molar-refractivity contribution is 7.18. The number of thiophene rings is 1. The van der Waals surface area contributed by atoms with Gasteiger partial charge in [-0.15, -0.1) is 11.3 Å². The number of carboxylic acid groups (broad SMARTS) is 1. The molecule has 3 N–H and O–H groups in total. The molecule has 0 fully saturated rings. The molecule has 6 nitrogen and oxygen atoms in total. The van der Waals surface area contributed by atoms with Gasteiger partial charge in [-0.2, -0.15) is 0 Å². The van der Waals surface area contributed by atoms with Gasteiger partial charge < -0.3 is 10.8 Å². The Labute approximate surface area is 122 Å². The SMILES string of the molecule is Cc1c(-c2cc(Cl)cc([N+](=O)[O-])c2)sc(C(=O)O)c1N. The molecule has 1 aromatic carbocycles. The van der Waals surface area contributed by atoms with Gasteiger partial charge in [-0.1, -0.05) is 11.6 Å². The molecule has 0 radical (unpaired) electrons. The quantitative estimate of drug-likeness (QED) is 0.665. The van der Waals surface area contributed by atoms with Gasteiger partial charge in [0.05, 0.1) is 10.6 Å². The summed E-state index contributed by atoms with van der Waals surface area (Å²) in [5.41, 5.74) is 6.80. The number of nitro benzene ring substituents is 1. The molecule has 0 bridgehead atoms. The number of aromatic carboxylic acids is 1. The monoisotopic (exact) mass is 312 g/mol. The fourth-order valence-corrected chi connectivity index (χ4v) is 3.05. The molecule has 8 heteroatoms. The maximum atomic E-state index is 11.1. The molecule has 2 aromatic rings. The normalized spacial score (nSPS) is 10.5. The first-order valence-electron chi connectivity index (χ1n) is 5.38. The predicted octanol–water partition coefficient (Wildman–Crippen LogP) is 3.57. The number of anilines is 1. The standard InChI is InChI=1S/C12H9ClN2O4S/c1-5-9(14)11(12(16)17)20-10(5)6-2-7(13)4-8(3-6)15(18)19/h2-4H,14H2,1H3,(H,16,17). The zero-order valence-corrected chi connectivity index (χ0v) is 11.8. The van der Waals surface area contributed by atoms with Crippen LogP contribution in [0.25, 0.3) is 10.4 Å². The minimum atomic E-state index is -1.13.